The van der Waals surface area contributed by atoms with Gasteiger partial charge in [0.1, 0.15) is 11.3 Å². The van der Waals surface area contributed by atoms with Crippen molar-refractivity contribution < 1.29 is 19.1 Å². The Kier molecular flexibility index (Phi) is 3.95. The largest absolute Gasteiger partial charge is 0.480 e. The Bertz CT molecular complexity index is 453. The summed E-state index contributed by atoms with van der Waals surface area (Å²) in [5.74, 6) is -0.0482. The van der Waals surface area contributed by atoms with Crippen LogP contribution in [0.2, 0.25) is 0 Å². The monoisotopic (exact) mass is 255 g/mol. The molecule has 0 saturated carbocycles. The number of carboxylic acids is 1. The summed E-state index contributed by atoms with van der Waals surface area (Å²) in [6, 6.07) is -0.502. The molecule has 7 nitrogen and oxygen atoms in total. The highest BCUT2D eigenvalue weighted by molar-refractivity contribution is 5.85. The predicted molar refractivity (Wildman–Crippen MR) is 63.0 cm³/mol. The summed E-state index contributed by atoms with van der Waals surface area (Å²) < 4.78 is 5.19. The first-order valence-electron chi connectivity index (χ1n) is 5.41. The third-order valence-corrected chi connectivity index (χ3v) is 2.73. The normalized spacial score (nSPS) is 11.1. The van der Waals surface area contributed by atoms with Crippen LogP contribution in [0, 0.1) is 6.92 Å². The molecule has 0 saturated heterocycles. The van der Waals surface area contributed by atoms with Crippen LogP contribution < -0.4 is 5.32 Å². The molecular formula is C11H17N3O4. The number of nitrogens with one attached hydrogen (secondary N) is 1. The number of hydrogen-bond acceptors (Lipinski definition) is 4. The van der Waals surface area contributed by atoms with Gasteiger partial charge < -0.3 is 19.7 Å². The molecule has 2 amide bonds. The van der Waals surface area contributed by atoms with Gasteiger partial charge in [0, 0.05) is 7.05 Å². The minimum atomic E-state index is -1.28. The van der Waals surface area contributed by atoms with Gasteiger partial charge in [-0.2, -0.15) is 0 Å². The van der Waals surface area contributed by atoms with Crippen molar-refractivity contribution in [1.82, 2.24) is 15.2 Å². The summed E-state index contributed by atoms with van der Waals surface area (Å²) in [7, 11) is 1.42. The van der Waals surface area contributed by atoms with E-state index in [1.54, 1.807) is 13.1 Å². The van der Waals surface area contributed by atoms with E-state index in [0.29, 0.717) is 11.7 Å². The number of nitrogens with zero attached hydrogens (tertiary/aromatic N) is 2. The fraction of sp³-hybridized carbons (Fsp3) is 0.545. The molecule has 0 spiro atoms. The zero-order valence-corrected chi connectivity index (χ0v) is 10.9. The Balaban J connectivity index is 2.58. The summed E-state index contributed by atoms with van der Waals surface area (Å²) >= 11 is 0. The smallest absolute Gasteiger partial charge is 0.329 e. The number of rotatable bonds is 4. The van der Waals surface area contributed by atoms with E-state index in [0.717, 1.165) is 4.90 Å². The van der Waals surface area contributed by atoms with Crippen LogP contribution >= 0.6 is 0 Å². The molecule has 1 heterocycles. The highest BCUT2D eigenvalue weighted by atomic mass is 16.4. The summed E-state index contributed by atoms with van der Waals surface area (Å²) in [6.07, 6.45) is 1.55. The molecule has 1 rings (SSSR count). The number of aromatic nitrogens is 1. The Morgan fingerprint density at radius 2 is 2.17 bits per heavy atom. The molecule has 0 aliphatic heterocycles. The van der Waals surface area contributed by atoms with Crippen molar-refractivity contribution in [3.8, 4) is 0 Å². The summed E-state index contributed by atoms with van der Waals surface area (Å²) in [6.45, 7) is 4.76. The molecule has 0 aromatic carbocycles. The maximum Gasteiger partial charge on any atom is 0.329 e. The van der Waals surface area contributed by atoms with Crippen molar-refractivity contribution in [1.29, 1.82) is 0 Å². The standard InChI is InChI=1S/C11H17N3O4/c1-7-5-12-8(18-7)6-13-10(17)14(4)11(2,3)9(15)16/h5H,6H2,1-4H3,(H,13,17)(H,15,16). The van der Waals surface area contributed by atoms with E-state index < -0.39 is 17.5 Å². The number of urea groups is 1. The zero-order valence-electron chi connectivity index (χ0n) is 10.9. The number of hydrogen-bond donors (Lipinski definition) is 2. The number of aryl methyl sites for hydroxylation is 1. The minimum absolute atomic E-state index is 0.118. The molecule has 0 fully saturated rings. The molecular weight excluding hydrogens is 238 g/mol. The third kappa shape index (κ3) is 2.99. The van der Waals surface area contributed by atoms with E-state index in [1.165, 1.54) is 20.9 Å². The molecule has 100 valence electrons. The third-order valence-electron chi connectivity index (χ3n) is 2.73. The Morgan fingerprint density at radius 3 is 2.61 bits per heavy atom. The van der Waals surface area contributed by atoms with E-state index in [4.69, 9.17) is 9.52 Å². The van der Waals surface area contributed by atoms with Gasteiger partial charge in [-0.15, -0.1) is 0 Å². The van der Waals surface area contributed by atoms with Gasteiger partial charge in [-0.1, -0.05) is 0 Å². The number of oxazole rings is 1. The van der Waals surface area contributed by atoms with Gasteiger partial charge in [0.2, 0.25) is 5.89 Å². The van der Waals surface area contributed by atoms with Gasteiger partial charge in [-0.25, -0.2) is 14.6 Å². The summed E-state index contributed by atoms with van der Waals surface area (Å²) in [4.78, 5) is 27.8. The summed E-state index contributed by atoms with van der Waals surface area (Å²) in [5, 5.41) is 11.5. The first-order valence-corrected chi connectivity index (χ1v) is 5.41. The maximum absolute atomic E-state index is 11.8. The van der Waals surface area contributed by atoms with E-state index in [2.05, 4.69) is 10.3 Å². The van der Waals surface area contributed by atoms with Crippen molar-refractivity contribution in [3.05, 3.63) is 17.8 Å². The zero-order chi connectivity index (χ0) is 13.9. The summed E-state index contributed by atoms with van der Waals surface area (Å²) in [5.41, 5.74) is -1.28. The first-order chi connectivity index (χ1) is 8.25. The Hall–Kier alpha value is -2.05. The molecule has 1 aromatic heterocycles. The second-order valence-electron chi connectivity index (χ2n) is 4.45. The second kappa shape index (κ2) is 5.07. The predicted octanol–water partition coefficient (Wildman–Crippen LogP) is 0.988. The van der Waals surface area contributed by atoms with E-state index in [9.17, 15) is 9.59 Å². The van der Waals surface area contributed by atoms with Gasteiger partial charge in [0.25, 0.3) is 0 Å². The van der Waals surface area contributed by atoms with Crippen LogP contribution in [-0.2, 0) is 11.3 Å². The number of carbonyl (C=O) groups is 2. The molecule has 18 heavy (non-hydrogen) atoms. The number of aliphatic carboxylic acids is 1. The van der Waals surface area contributed by atoms with Crippen molar-refractivity contribution in [3.63, 3.8) is 0 Å². The second-order valence-corrected chi connectivity index (χ2v) is 4.45. The Labute approximate surface area is 105 Å². The number of carboxylic acid groups (broad SMARTS) is 1. The minimum Gasteiger partial charge on any atom is -0.480 e. The van der Waals surface area contributed by atoms with Crippen molar-refractivity contribution in [2.24, 2.45) is 0 Å². The number of amides is 2. The first kappa shape index (κ1) is 14.0. The molecule has 1 aromatic rings. The van der Waals surface area contributed by atoms with Gasteiger partial charge in [-0.3, -0.25) is 0 Å². The molecule has 0 bridgehead atoms. The molecule has 0 aliphatic carbocycles. The highest BCUT2D eigenvalue weighted by Crippen LogP contribution is 2.12. The van der Waals surface area contributed by atoms with Crippen LogP contribution in [0.1, 0.15) is 25.5 Å². The topological polar surface area (TPSA) is 95.7 Å². The molecule has 0 unspecified atom stereocenters. The highest BCUT2D eigenvalue weighted by Gasteiger charge is 2.35. The van der Waals surface area contributed by atoms with Crippen LogP contribution in [0.5, 0.6) is 0 Å². The molecule has 0 aliphatic rings. The average Bonchev–Trinajstić information content (AvgIpc) is 2.70. The fourth-order valence-electron chi connectivity index (χ4n) is 1.15. The van der Waals surface area contributed by atoms with Crippen LogP contribution in [0.25, 0.3) is 0 Å². The maximum atomic E-state index is 11.8. The fourth-order valence-corrected chi connectivity index (χ4v) is 1.15. The molecule has 7 heteroatoms. The van der Waals surface area contributed by atoms with Crippen molar-refractivity contribution in [2.75, 3.05) is 7.05 Å². The van der Waals surface area contributed by atoms with Crippen molar-refractivity contribution >= 4 is 12.0 Å². The number of carbonyl (C=O) groups excluding carboxylic acids is 1. The molecule has 0 atom stereocenters. The average molecular weight is 255 g/mol. The van der Waals surface area contributed by atoms with Crippen molar-refractivity contribution in [2.45, 2.75) is 32.9 Å². The van der Waals surface area contributed by atoms with Crippen LogP contribution in [-0.4, -0.2) is 39.6 Å². The van der Waals surface area contributed by atoms with Crippen LogP contribution in [0.3, 0.4) is 0 Å². The lowest BCUT2D eigenvalue weighted by Gasteiger charge is -2.31. The van der Waals surface area contributed by atoms with E-state index in [1.807, 2.05) is 0 Å². The van der Waals surface area contributed by atoms with E-state index in [-0.39, 0.29) is 6.54 Å². The van der Waals surface area contributed by atoms with Crippen LogP contribution in [0.4, 0.5) is 4.79 Å². The van der Waals surface area contributed by atoms with Gasteiger partial charge in [-0.05, 0) is 20.8 Å². The lowest BCUT2D eigenvalue weighted by Crippen LogP contribution is -2.53. The lowest BCUT2D eigenvalue weighted by atomic mass is 10.1. The van der Waals surface area contributed by atoms with Gasteiger partial charge in [0.05, 0.1) is 12.7 Å². The van der Waals surface area contributed by atoms with Crippen LogP contribution in [0.15, 0.2) is 10.6 Å². The molecule has 2 N–H and O–H groups in total. The SMILES string of the molecule is Cc1cnc(CNC(=O)N(C)C(C)(C)C(=O)O)o1. The number of likely N-dealkylation sites (N-methyl/N-ethyl adjacent to an activating group) is 1. The molecule has 0 radical (unpaired) electrons. The quantitative estimate of drug-likeness (QED) is 0.836. The van der Waals surface area contributed by atoms with Gasteiger partial charge >= 0.3 is 12.0 Å². The Morgan fingerprint density at radius 1 is 1.56 bits per heavy atom. The van der Waals surface area contributed by atoms with Gasteiger partial charge in [0.15, 0.2) is 0 Å². The lowest BCUT2D eigenvalue weighted by molar-refractivity contribution is -0.146. The van der Waals surface area contributed by atoms with E-state index >= 15 is 0 Å².